The Hall–Kier alpha value is -1.13. The monoisotopic (exact) mass is 199 g/mol. The Bertz CT molecular complexity index is 328. The van der Waals surface area contributed by atoms with Crippen LogP contribution in [0.4, 0.5) is 4.39 Å². The number of likely N-dealkylation sites (N-methyl/N-ethyl adjacent to an activating group) is 1. The smallest absolute Gasteiger partial charge is 0.165 e. The zero-order valence-electron chi connectivity index (χ0n) is 8.21. The van der Waals surface area contributed by atoms with E-state index in [-0.39, 0.29) is 12.1 Å². The molecular formula is C10H14FNO2. The third-order valence-electron chi connectivity index (χ3n) is 1.99. The van der Waals surface area contributed by atoms with Crippen LogP contribution in [-0.2, 0) is 0 Å². The van der Waals surface area contributed by atoms with Gasteiger partial charge in [0.1, 0.15) is 0 Å². The van der Waals surface area contributed by atoms with Gasteiger partial charge in [0.15, 0.2) is 11.6 Å². The van der Waals surface area contributed by atoms with Gasteiger partial charge in [-0.25, -0.2) is 4.39 Å². The Kier molecular flexibility index (Phi) is 3.43. The highest BCUT2D eigenvalue weighted by Crippen LogP contribution is 2.27. The fourth-order valence-electron chi connectivity index (χ4n) is 1.32. The minimum Gasteiger partial charge on any atom is -0.505 e. The molecule has 0 fully saturated rings. The highest BCUT2D eigenvalue weighted by molar-refractivity contribution is 5.38. The fourth-order valence-corrected chi connectivity index (χ4v) is 1.32. The maximum absolute atomic E-state index is 13.1. The highest BCUT2D eigenvalue weighted by Gasteiger charge is 2.15. The number of aliphatic hydroxyl groups is 1. The third-order valence-corrected chi connectivity index (χ3v) is 1.99. The molecule has 1 aromatic carbocycles. The van der Waals surface area contributed by atoms with E-state index in [4.69, 9.17) is 0 Å². The lowest BCUT2D eigenvalue weighted by Gasteiger charge is -2.13. The average Bonchev–Trinajstić information content (AvgIpc) is 2.11. The first-order valence-corrected chi connectivity index (χ1v) is 4.38. The van der Waals surface area contributed by atoms with Gasteiger partial charge in [-0.05, 0) is 31.7 Å². The van der Waals surface area contributed by atoms with Crippen LogP contribution in [0.2, 0.25) is 0 Å². The Morgan fingerprint density at radius 3 is 2.71 bits per heavy atom. The van der Waals surface area contributed by atoms with Crippen molar-refractivity contribution in [3.8, 4) is 5.75 Å². The summed E-state index contributed by atoms with van der Waals surface area (Å²) >= 11 is 0. The molecule has 0 heterocycles. The van der Waals surface area contributed by atoms with Gasteiger partial charge >= 0.3 is 0 Å². The van der Waals surface area contributed by atoms with E-state index in [1.54, 1.807) is 20.0 Å². The summed E-state index contributed by atoms with van der Waals surface area (Å²) in [7, 11) is 1.67. The molecule has 0 bridgehead atoms. The lowest BCUT2D eigenvalue weighted by atomic mass is 10.0. The highest BCUT2D eigenvalue weighted by atomic mass is 19.1. The van der Waals surface area contributed by atoms with Gasteiger partial charge < -0.3 is 15.5 Å². The van der Waals surface area contributed by atoms with E-state index in [0.717, 1.165) is 0 Å². The third kappa shape index (κ3) is 2.21. The van der Waals surface area contributed by atoms with Crippen molar-refractivity contribution in [3.05, 3.63) is 29.1 Å². The van der Waals surface area contributed by atoms with Crippen molar-refractivity contribution in [2.45, 2.75) is 13.0 Å². The van der Waals surface area contributed by atoms with Gasteiger partial charge in [0.05, 0.1) is 6.10 Å². The number of aromatic hydroxyl groups is 1. The molecule has 0 saturated carbocycles. The number of rotatable bonds is 3. The molecule has 4 heteroatoms. The van der Waals surface area contributed by atoms with E-state index < -0.39 is 17.7 Å². The summed E-state index contributed by atoms with van der Waals surface area (Å²) in [6.45, 7) is 1.98. The first kappa shape index (κ1) is 10.9. The van der Waals surface area contributed by atoms with E-state index >= 15 is 0 Å². The van der Waals surface area contributed by atoms with Gasteiger partial charge in [0, 0.05) is 12.1 Å². The van der Waals surface area contributed by atoms with Crippen LogP contribution in [-0.4, -0.2) is 23.8 Å². The number of phenolic OH excluding ortho intramolecular Hbond substituents is 1. The van der Waals surface area contributed by atoms with Crippen molar-refractivity contribution in [2.24, 2.45) is 0 Å². The van der Waals surface area contributed by atoms with E-state index in [2.05, 4.69) is 5.32 Å². The fraction of sp³-hybridized carbons (Fsp3) is 0.400. The number of hydrogen-bond acceptors (Lipinski definition) is 3. The Morgan fingerprint density at radius 1 is 1.50 bits per heavy atom. The quantitative estimate of drug-likeness (QED) is 0.683. The summed E-state index contributed by atoms with van der Waals surface area (Å²) in [5, 5.41) is 21.7. The molecule has 1 atom stereocenters. The van der Waals surface area contributed by atoms with Gasteiger partial charge in [-0.3, -0.25) is 0 Å². The van der Waals surface area contributed by atoms with Crippen LogP contribution in [0.3, 0.4) is 0 Å². The van der Waals surface area contributed by atoms with E-state index in [9.17, 15) is 14.6 Å². The van der Waals surface area contributed by atoms with E-state index in [1.165, 1.54) is 6.07 Å². The van der Waals surface area contributed by atoms with Gasteiger partial charge in [-0.2, -0.15) is 0 Å². The topological polar surface area (TPSA) is 52.5 Å². The molecule has 0 aliphatic carbocycles. The van der Waals surface area contributed by atoms with Gasteiger partial charge in [-0.1, -0.05) is 0 Å². The van der Waals surface area contributed by atoms with Crippen LogP contribution in [0.1, 0.15) is 17.2 Å². The van der Waals surface area contributed by atoms with Crippen molar-refractivity contribution in [3.63, 3.8) is 0 Å². The molecule has 0 radical (unpaired) electrons. The van der Waals surface area contributed by atoms with Crippen molar-refractivity contribution in [2.75, 3.05) is 13.6 Å². The Labute approximate surface area is 82.2 Å². The van der Waals surface area contributed by atoms with E-state index in [0.29, 0.717) is 5.56 Å². The summed E-state index contributed by atoms with van der Waals surface area (Å²) in [4.78, 5) is 0. The van der Waals surface area contributed by atoms with Crippen LogP contribution < -0.4 is 5.32 Å². The molecule has 1 rings (SSSR count). The molecule has 0 amide bonds. The number of nitrogens with one attached hydrogen (secondary N) is 1. The lowest BCUT2D eigenvalue weighted by Crippen LogP contribution is -2.17. The molecule has 0 aromatic heterocycles. The number of aliphatic hydroxyl groups excluding tert-OH is 1. The van der Waals surface area contributed by atoms with Gasteiger partial charge in [0.25, 0.3) is 0 Å². The molecule has 14 heavy (non-hydrogen) atoms. The normalized spacial score (nSPS) is 12.9. The minimum absolute atomic E-state index is 0.219. The standard InChI is InChI=1S/C10H14FNO2/c1-6-3-7(9(13)5-12-2)10(14)8(11)4-6/h3-4,9,12-14H,5H2,1-2H3. The number of phenols is 1. The van der Waals surface area contributed by atoms with Crippen molar-refractivity contribution < 1.29 is 14.6 Å². The molecule has 0 aliphatic heterocycles. The summed E-state index contributed by atoms with van der Waals surface area (Å²) < 4.78 is 13.1. The Morgan fingerprint density at radius 2 is 2.14 bits per heavy atom. The predicted octanol–water partition coefficient (Wildman–Crippen LogP) is 1.09. The minimum atomic E-state index is -0.894. The van der Waals surface area contributed by atoms with Crippen LogP contribution >= 0.6 is 0 Å². The van der Waals surface area contributed by atoms with Crippen molar-refractivity contribution in [1.29, 1.82) is 0 Å². The molecule has 1 aromatic rings. The SMILES string of the molecule is CNCC(O)c1cc(C)cc(F)c1O. The average molecular weight is 199 g/mol. The molecule has 1 unspecified atom stereocenters. The van der Waals surface area contributed by atoms with Gasteiger partial charge in [-0.15, -0.1) is 0 Å². The van der Waals surface area contributed by atoms with Crippen LogP contribution in [0, 0.1) is 12.7 Å². The second kappa shape index (κ2) is 4.39. The van der Waals surface area contributed by atoms with Crippen LogP contribution in [0.15, 0.2) is 12.1 Å². The second-order valence-electron chi connectivity index (χ2n) is 3.26. The largest absolute Gasteiger partial charge is 0.505 e. The van der Waals surface area contributed by atoms with Crippen molar-refractivity contribution >= 4 is 0 Å². The summed E-state index contributed by atoms with van der Waals surface area (Å²) in [6, 6.07) is 2.80. The number of hydrogen-bond donors (Lipinski definition) is 3. The zero-order chi connectivity index (χ0) is 10.7. The first-order valence-electron chi connectivity index (χ1n) is 4.38. The lowest BCUT2D eigenvalue weighted by molar-refractivity contribution is 0.173. The molecule has 0 aliphatic rings. The zero-order valence-corrected chi connectivity index (χ0v) is 8.21. The maximum Gasteiger partial charge on any atom is 0.165 e. The van der Waals surface area contributed by atoms with Crippen LogP contribution in [0.25, 0.3) is 0 Å². The van der Waals surface area contributed by atoms with Crippen LogP contribution in [0.5, 0.6) is 5.75 Å². The molecule has 78 valence electrons. The summed E-state index contributed by atoms with van der Waals surface area (Å²) in [5.74, 6) is -1.17. The second-order valence-corrected chi connectivity index (χ2v) is 3.26. The molecule has 0 saturated heterocycles. The molecule has 3 N–H and O–H groups in total. The predicted molar refractivity (Wildman–Crippen MR) is 51.7 cm³/mol. The Balaban J connectivity index is 3.07. The number of aryl methyl sites for hydroxylation is 1. The summed E-state index contributed by atoms with van der Waals surface area (Å²) in [6.07, 6.45) is -0.894. The number of benzene rings is 1. The van der Waals surface area contributed by atoms with E-state index in [1.807, 2.05) is 0 Å². The molecule has 0 spiro atoms. The maximum atomic E-state index is 13.1. The van der Waals surface area contributed by atoms with Crippen molar-refractivity contribution in [1.82, 2.24) is 5.32 Å². The first-order chi connectivity index (χ1) is 6.56. The van der Waals surface area contributed by atoms with Gasteiger partial charge in [0.2, 0.25) is 0 Å². The number of halogens is 1. The molecule has 3 nitrogen and oxygen atoms in total. The molecular weight excluding hydrogens is 185 g/mol. The summed E-state index contributed by atoms with van der Waals surface area (Å²) in [5.41, 5.74) is 0.891.